The summed E-state index contributed by atoms with van der Waals surface area (Å²) < 4.78 is 26.5. The Balaban J connectivity index is 1.95. The highest BCUT2D eigenvalue weighted by atomic mass is 35.5. The van der Waals surface area contributed by atoms with Crippen molar-refractivity contribution in [3.8, 4) is 0 Å². The first-order valence-electron chi connectivity index (χ1n) is 5.96. The lowest BCUT2D eigenvalue weighted by Gasteiger charge is -2.11. The van der Waals surface area contributed by atoms with Gasteiger partial charge in [-0.05, 0) is 30.0 Å². The van der Waals surface area contributed by atoms with Crippen molar-refractivity contribution in [1.29, 1.82) is 0 Å². The Hall–Kier alpha value is -0.920. The normalized spacial score (nSPS) is 13.3. The van der Waals surface area contributed by atoms with Gasteiger partial charge < -0.3 is 5.11 Å². The molecule has 0 amide bonds. The fourth-order valence-corrected chi connectivity index (χ4v) is 4.00. The van der Waals surface area contributed by atoms with E-state index in [1.807, 2.05) is 17.5 Å². The molecule has 0 spiro atoms. The van der Waals surface area contributed by atoms with Gasteiger partial charge in [-0.3, -0.25) is 0 Å². The summed E-state index contributed by atoms with van der Waals surface area (Å²) in [6.07, 6.45) is -0.353. The van der Waals surface area contributed by atoms with E-state index >= 15 is 0 Å². The zero-order valence-electron chi connectivity index (χ0n) is 10.5. The molecule has 0 saturated heterocycles. The van der Waals surface area contributed by atoms with Crippen LogP contribution in [0.25, 0.3) is 0 Å². The quantitative estimate of drug-likeness (QED) is 0.855. The maximum atomic E-state index is 12.0. The lowest BCUT2D eigenvalue weighted by atomic mass is 10.2. The number of sulfonamides is 1. The van der Waals surface area contributed by atoms with Gasteiger partial charge in [-0.2, -0.15) is 0 Å². The molecule has 2 N–H and O–H groups in total. The number of benzene rings is 1. The molecule has 2 aromatic rings. The Morgan fingerprint density at radius 2 is 2.00 bits per heavy atom. The van der Waals surface area contributed by atoms with Gasteiger partial charge in [0.25, 0.3) is 0 Å². The molecule has 0 bridgehead atoms. The summed E-state index contributed by atoms with van der Waals surface area (Å²) in [7, 11) is -3.65. The summed E-state index contributed by atoms with van der Waals surface area (Å²) in [5.41, 5.74) is 0. The van der Waals surface area contributed by atoms with Crippen LogP contribution in [-0.2, 0) is 10.0 Å². The first-order valence-corrected chi connectivity index (χ1v) is 8.70. The average Bonchev–Trinajstić information content (AvgIpc) is 2.92. The standard InChI is InChI=1S/C13H14ClNO3S2/c14-10-4-1-2-6-13(10)20(17,18)15-8-7-11(16)12-5-3-9-19-12/h1-6,9,11,15-16H,7-8H2/t11-/m1/s1. The SMILES string of the molecule is O=S(=O)(NCC[C@@H](O)c1cccs1)c1ccccc1Cl. The fourth-order valence-electron chi connectivity index (χ4n) is 1.69. The van der Waals surface area contributed by atoms with Crippen LogP contribution < -0.4 is 4.72 Å². The number of nitrogens with one attached hydrogen (secondary N) is 1. The maximum absolute atomic E-state index is 12.0. The van der Waals surface area contributed by atoms with Crippen molar-refractivity contribution in [2.24, 2.45) is 0 Å². The number of thiophene rings is 1. The summed E-state index contributed by atoms with van der Waals surface area (Å²) in [5.74, 6) is 0. The molecule has 2 rings (SSSR count). The highest BCUT2D eigenvalue weighted by molar-refractivity contribution is 7.89. The van der Waals surface area contributed by atoms with Crippen LogP contribution in [-0.4, -0.2) is 20.1 Å². The molecule has 0 aliphatic rings. The van der Waals surface area contributed by atoms with Crippen LogP contribution in [0.3, 0.4) is 0 Å². The number of rotatable bonds is 6. The zero-order chi connectivity index (χ0) is 14.6. The molecule has 0 unspecified atom stereocenters. The number of halogens is 1. The monoisotopic (exact) mass is 331 g/mol. The van der Waals surface area contributed by atoms with Crippen molar-refractivity contribution in [2.45, 2.75) is 17.4 Å². The summed E-state index contributed by atoms with van der Waals surface area (Å²) in [6, 6.07) is 9.91. The van der Waals surface area contributed by atoms with Gasteiger partial charge in [-0.15, -0.1) is 11.3 Å². The van der Waals surface area contributed by atoms with Crippen LogP contribution in [0.1, 0.15) is 17.4 Å². The molecule has 1 aromatic carbocycles. The van der Waals surface area contributed by atoms with Crippen molar-refractivity contribution in [2.75, 3.05) is 6.54 Å². The maximum Gasteiger partial charge on any atom is 0.242 e. The molecular weight excluding hydrogens is 318 g/mol. The van der Waals surface area contributed by atoms with Crippen LogP contribution >= 0.6 is 22.9 Å². The van der Waals surface area contributed by atoms with E-state index in [4.69, 9.17) is 11.6 Å². The molecule has 4 nitrogen and oxygen atoms in total. The Kier molecular flexibility index (Phi) is 5.17. The molecular formula is C13H14ClNO3S2. The molecule has 1 heterocycles. The van der Waals surface area contributed by atoms with E-state index in [0.717, 1.165) is 4.88 Å². The minimum Gasteiger partial charge on any atom is -0.388 e. The van der Waals surface area contributed by atoms with Crippen LogP contribution in [0.4, 0.5) is 0 Å². The van der Waals surface area contributed by atoms with E-state index < -0.39 is 16.1 Å². The van der Waals surface area contributed by atoms with E-state index in [1.165, 1.54) is 23.5 Å². The van der Waals surface area contributed by atoms with E-state index in [2.05, 4.69) is 4.72 Å². The molecule has 0 fully saturated rings. The molecule has 0 saturated carbocycles. The molecule has 1 aromatic heterocycles. The molecule has 20 heavy (non-hydrogen) atoms. The summed E-state index contributed by atoms with van der Waals surface area (Å²) >= 11 is 7.30. The highest BCUT2D eigenvalue weighted by Crippen LogP contribution is 2.22. The van der Waals surface area contributed by atoms with Crippen LogP contribution in [0.5, 0.6) is 0 Å². The van der Waals surface area contributed by atoms with E-state index in [0.29, 0.717) is 6.42 Å². The number of aliphatic hydroxyl groups is 1. The smallest absolute Gasteiger partial charge is 0.242 e. The number of hydrogen-bond donors (Lipinski definition) is 2. The van der Waals surface area contributed by atoms with Crippen LogP contribution in [0.2, 0.25) is 5.02 Å². The topological polar surface area (TPSA) is 66.4 Å². The lowest BCUT2D eigenvalue weighted by molar-refractivity contribution is 0.173. The van der Waals surface area contributed by atoms with E-state index in [9.17, 15) is 13.5 Å². The van der Waals surface area contributed by atoms with Gasteiger partial charge in [0.15, 0.2) is 0 Å². The molecule has 0 aliphatic heterocycles. The summed E-state index contributed by atoms with van der Waals surface area (Å²) in [5, 5.41) is 11.9. The fraction of sp³-hybridized carbons (Fsp3) is 0.231. The second kappa shape index (κ2) is 6.69. The van der Waals surface area contributed by atoms with Crippen molar-refractivity contribution in [3.63, 3.8) is 0 Å². The van der Waals surface area contributed by atoms with Gasteiger partial charge in [0.05, 0.1) is 11.1 Å². The van der Waals surface area contributed by atoms with E-state index in [1.54, 1.807) is 12.1 Å². The first kappa shape index (κ1) is 15.5. The molecule has 108 valence electrons. The second-order valence-electron chi connectivity index (χ2n) is 4.15. The molecule has 0 aliphatic carbocycles. The van der Waals surface area contributed by atoms with Gasteiger partial charge in [-0.25, -0.2) is 13.1 Å². The van der Waals surface area contributed by atoms with Gasteiger partial charge >= 0.3 is 0 Å². The lowest BCUT2D eigenvalue weighted by Crippen LogP contribution is -2.26. The largest absolute Gasteiger partial charge is 0.388 e. The third-order valence-corrected chi connectivity index (χ3v) is 5.64. The Labute approximate surface area is 127 Å². The predicted molar refractivity (Wildman–Crippen MR) is 80.5 cm³/mol. The van der Waals surface area contributed by atoms with Gasteiger partial charge in [-0.1, -0.05) is 29.8 Å². The minimum atomic E-state index is -3.65. The minimum absolute atomic E-state index is 0.0484. The average molecular weight is 332 g/mol. The highest BCUT2D eigenvalue weighted by Gasteiger charge is 2.17. The summed E-state index contributed by atoms with van der Waals surface area (Å²) in [4.78, 5) is 0.870. The Morgan fingerprint density at radius 3 is 2.65 bits per heavy atom. The zero-order valence-corrected chi connectivity index (χ0v) is 12.9. The molecule has 7 heteroatoms. The predicted octanol–water partition coefficient (Wildman–Crippen LogP) is 2.80. The number of aliphatic hydroxyl groups excluding tert-OH is 1. The van der Waals surface area contributed by atoms with Crippen molar-refractivity contribution >= 4 is 33.0 Å². The second-order valence-corrected chi connectivity index (χ2v) is 7.27. The van der Waals surface area contributed by atoms with Gasteiger partial charge in [0.2, 0.25) is 10.0 Å². The third kappa shape index (κ3) is 3.80. The first-order chi connectivity index (χ1) is 9.50. The third-order valence-electron chi connectivity index (χ3n) is 2.71. The van der Waals surface area contributed by atoms with Gasteiger partial charge in [0, 0.05) is 11.4 Å². The van der Waals surface area contributed by atoms with Crippen molar-refractivity contribution in [3.05, 3.63) is 51.7 Å². The molecule has 0 radical (unpaired) electrons. The van der Waals surface area contributed by atoms with E-state index in [-0.39, 0.29) is 16.5 Å². The van der Waals surface area contributed by atoms with Crippen molar-refractivity contribution in [1.82, 2.24) is 4.72 Å². The molecule has 1 atom stereocenters. The van der Waals surface area contributed by atoms with Crippen LogP contribution in [0, 0.1) is 0 Å². The van der Waals surface area contributed by atoms with Crippen molar-refractivity contribution < 1.29 is 13.5 Å². The Bertz CT molecular complexity index is 656. The summed E-state index contributed by atoms with van der Waals surface area (Å²) in [6.45, 7) is 0.145. The number of hydrogen-bond acceptors (Lipinski definition) is 4. The van der Waals surface area contributed by atoms with Gasteiger partial charge in [0.1, 0.15) is 4.90 Å². The van der Waals surface area contributed by atoms with Crippen LogP contribution in [0.15, 0.2) is 46.7 Å². The Morgan fingerprint density at radius 1 is 1.25 bits per heavy atom.